The van der Waals surface area contributed by atoms with Crippen LogP contribution in [0.25, 0.3) is 11.3 Å². The lowest BCUT2D eigenvalue weighted by Gasteiger charge is -2.04. The number of aryl methyl sites for hydroxylation is 2. The van der Waals surface area contributed by atoms with Crippen molar-refractivity contribution in [3.63, 3.8) is 0 Å². The molecule has 0 aliphatic rings. The van der Waals surface area contributed by atoms with E-state index in [-0.39, 0.29) is 30.7 Å². The molecule has 1 aromatic heterocycles. The SMILES string of the molecule is CCNCCNC(=O)CCc1nc(C)c(-c2ccc(Br)cc2)o1.Cl.Cl. The molecule has 0 aliphatic carbocycles. The summed E-state index contributed by atoms with van der Waals surface area (Å²) in [6.45, 7) is 6.29. The van der Waals surface area contributed by atoms with Crippen LogP contribution in [0.2, 0.25) is 0 Å². The first-order valence-corrected chi connectivity index (χ1v) is 8.59. The molecule has 0 unspecified atom stereocenters. The summed E-state index contributed by atoms with van der Waals surface area (Å²) in [4.78, 5) is 16.2. The summed E-state index contributed by atoms with van der Waals surface area (Å²) >= 11 is 3.42. The number of aromatic nitrogens is 1. The van der Waals surface area contributed by atoms with Crippen LogP contribution in [0.3, 0.4) is 0 Å². The van der Waals surface area contributed by atoms with Crippen molar-refractivity contribution in [2.24, 2.45) is 0 Å². The van der Waals surface area contributed by atoms with E-state index in [1.165, 1.54) is 0 Å². The van der Waals surface area contributed by atoms with Crippen molar-refractivity contribution in [1.82, 2.24) is 15.6 Å². The fourth-order valence-corrected chi connectivity index (χ4v) is 2.47. The van der Waals surface area contributed by atoms with E-state index in [1.807, 2.05) is 38.1 Å². The minimum Gasteiger partial charge on any atom is -0.440 e. The zero-order valence-electron chi connectivity index (χ0n) is 14.3. The summed E-state index contributed by atoms with van der Waals surface area (Å²) in [5, 5.41) is 6.03. The molecule has 0 fully saturated rings. The topological polar surface area (TPSA) is 67.2 Å². The number of oxazole rings is 1. The van der Waals surface area contributed by atoms with Gasteiger partial charge in [-0.15, -0.1) is 24.8 Å². The molecule has 0 radical (unpaired) electrons. The number of likely N-dealkylation sites (N-methyl/N-ethyl adjacent to an activating group) is 1. The molecule has 0 aliphatic heterocycles. The first kappa shape index (κ1) is 23.9. The number of nitrogens with zero attached hydrogens (tertiary/aromatic N) is 1. The van der Waals surface area contributed by atoms with E-state index in [2.05, 4.69) is 31.5 Å². The van der Waals surface area contributed by atoms with E-state index in [1.54, 1.807) is 0 Å². The minimum atomic E-state index is 0. The second kappa shape index (κ2) is 12.3. The summed E-state index contributed by atoms with van der Waals surface area (Å²) < 4.78 is 6.84. The normalized spacial score (nSPS) is 9.88. The van der Waals surface area contributed by atoms with Gasteiger partial charge in [0.2, 0.25) is 5.91 Å². The number of hydrogen-bond acceptors (Lipinski definition) is 4. The summed E-state index contributed by atoms with van der Waals surface area (Å²) in [6, 6.07) is 7.90. The van der Waals surface area contributed by atoms with Gasteiger partial charge in [-0.1, -0.05) is 35.0 Å². The van der Waals surface area contributed by atoms with Gasteiger partial charge >= 0.3 is 0 Å². The molecule has 8 heteroatoms. The zero-order valence-corrected chi connectivity index (χ0v) is 17.5. The Hall–Kier alpha value is -1.08. The van der Waals surface area contributed by atoms with Crippen LogP contribution in [0.4, 0.5) is 0 Å². The van der Waals surface area contributed by atoms with Crippen LogP contribution in [0, 0.1) is 6.92 Å². The van der Waals surface area contributed by atoms with Gasteiger partial charge in [-0.2, -0.15) is 0 Å². The molecule has 1 amide bonds. The predicted molar refractivity (Wildman–Crippen MR) is 109 cm³/mol. The van der Waals surface area contributed by atoms with Gasteiger partial charge in [-0.3, -0.25) is 4.79 Å². The van der Waals surface area contributed by atoms with Crippen LogP contribution in [0.15, 0.2) is 33.2 Å². The molecule has 0 saturated carbocycles. The lowest BCUT2D eigenvalue weighted by atomic mass is 10.1. The number of rotatable bonds is 8. The van der Waals surface area contributed by atoms with Crippen molar-refractivity contribution in [2.45, 2.75) is 26.7 Å². The number of hydrogen-bond donors (Lipinski definition) is 2. The van der Waals surface area contributed by atoms with Crippen molar-refractivity contribution in [3.8, 4) is 11.3 Å². The van der Waals surface area contributed by atoms with Gasteiger partial charge in [-0.25, -0.2) is 4.98 Å². The van der Waals surface area contributed by atoms with Gasteiger partial charge in [0.1, 0.15) is 0 Å². The second-order valence-electron chi connectivity index (χ2n) is 5.23. The van der Waals surface area contributed by atoms with E-state index >= 15 is 0 Å². The second-order valence-corrected chi connectivity index (χ2v) is 6.15. The van der Waals surface area contributed by atoms with Gasteiger partial charge in [-0.05, 0) is 25.6 Å². The van der Waals surface area contributed by atoms with E-state index in [0.717, 1.165) is 34.6 Å². The van der Waals surface area contributed by atoms with Crippen molar-refractivity contribution < 1.29 is 9.21 Å². The molecule has 2 rings (SSSR count). The van der Waals surface area contributed by atoms with Gasteiger partial charge in [0, 0.05) is 36.0 Å². The Morgan fingerprint density at radius 3 is 2.52 bits per heavy atom. The maximum absolute atomic E-state index is 11.8. The van der Waals surface area contributed by atoms with Crippen LogP contribution in [0.5, 0.6) is 0 Å². The Balaban J connectivity index is 0.00000288. The first-order chi connectivity index (χ1) is 11.1. The zero-order chi connectivity index (χ0) is 16.7. The van der Waals surface area contributed by atoms with Crippen LogP contribution in [0.1, 0.15) is 24.9 Å². The average Bonchev–Trinajstić information content (AvgIpc) is 2.91. The Morgan fingerprint density at radius 2 is 1.88 bits per heavy atom. The van der Waals surface area contributed by atoms with E-state index in [0.29, 0.717) is 25.3 Å². The summed E-state index contributed by atoms with van der Waals surface area (Å²) in [6.07, 6.45) is 0.885. The van der Waals surface area contributed by atoms with Gasteiger partial charge in [0.05, 0.1) is 5.69 Å². The Labute approximate surface area is 169 Å². The minimum absolute atomic E-state index is 0. The molecule has 2 aromatic rings. The molecule has 5 nitrogen and oxygen atoms in total. The predicted octanol–water partition coefficient (Wildman–Crippen LogP) is 3.91. The smallest absolute Gasteiger partial charge is 0.220 e. The molecular weight excluding hydrogens is 429 g/mol. The largest absolute Gasteiger partial charge is 0.440 e. The van der Waals surface area contributed by atoms with Gasteiger partial charge < -0.3 is 15.1 Å². The molecule has 0 bridgehead atoms. The molecular formula is C17H24BrCl2N3O2. The van der Waals surface area contributed by atoms with Gasteiger partial charge in [0.15, 0.2) is 11.7 Å². The summed E-state index contributed by atoms with van der Waals surface area (Å²) in [7, 11) is 0. The Morgan fingerprint density at radius 1 is 1.20 bits per heavy atom. The summed E-state index contributed by atoms with van der Waals surface area (Å²) in [5.41, 5.74) is 1.83. The Kier molecular flexibility index (Phi) is 11.8. The maximum Gasteiger partial charge on any atom is 0.220 e. The molecule has 0 saturated heterocycles. The third kappa shape index (κ3) is 7.77. The number of benzene rings is 1. The fourth-order valence-electron chi connectivity index (χ4n) is 2.20. The van der Waals surface area contributed by atoms with Crippen LogP contribution in [-0.2, 0) is 11.2 Å². The molecule has 25 heavy (non-hydrogen) atoms. The number of carbonyl (C=O) groups excluding carboxylic acids is 1. The molecule has 1 heterocycles. The lowest BCUT2D eigenvalue weighted by Crippen LogP contribution is -2.31. The maximum atomic E-state index is 11.8. The molecule has 2 N–H and O–H groups in total. The molecule has 0 atom stereocenters. The highest BCUT2D eigenvalue weighted by atomic mass is 79.9. The highest BCUT2D eigenvalue weighted by Gasteiger charge is 2.13. The van der Waals surface area contributed by atoms with E-state index < -0.39 is 0 Å². The van der Waals surface area contributed by atoms with Crippen LogP contribution in [-0.4, -0.2) is 30.5 Å². The molecule has 1 aromatic carbocycles. The van der Waals surface area contributed by atoms with Crippen LogP contribution >= 0.6 is 40.7 Å². The standard InChI is InChI=1S/C17H22BrN3O2.2ClH/c1-3-19-10-11-20-15(22)8-9-16-21-12(2)17(23-16)13-4-6-14(18)7-5-13;;/h4-7,19H,3,8-11H2,1-2H3,(H,20,22);2*1H. The van der Waals surface area contributed by atoms with E-state index in [9.17, 15) is 4.79 Å². The first-order valence-electron chi connectivity index (χ1n) is 7.79. The third-order valence-electron chi connectivity index (χ3n) is 3.39. The lowest BCUT2D eigenvalue weighted by molar-refractivity contribution is -0.121. The third-order valence-corrected chi connectivity index (χ3v) is 3.92. The highest BCUT2D eigenvalue weighted by molar-refractivity contribution is 9.10. The number of nitrogens with one attached hydrogen (secondary N) is 2. The molecule has 0 spiro atoms. The Bertz CT molecular complexity index is 648. The quantitative estimate of drug-likeness (QED) is 0.595. The van der Waals surface area contributed by atoms with E-state index in [4.69, 9.17) is 4.42 Å². The summed E-state index contributed by atoms with van der Waals surface area (Å²) in [5.74, 6) is 1.38. The average molecular weight is 453 g/mol. The van der Waals surface area contributed by atoms with Crippen molar-refractivity contribution in [1.29, 1.82) is 0 Å². The van der Waals surface area contributed by atoms with Crippen LogP contribution < -0.4 is 10.6 Å². The number of halogens is 3. The number of amides is 1. The van der Waals surface area contributed by atoms with Gasteiger partial charge in [0.25, 0.3) is 0 Å². The number of carbonyl (C=O) groups is 1. The molecule has 140 valence electrons. The fraction of sp³-hybridized carbons (Fsp3) is 0.412. The highest BCUT2D eigenvalue weighted by Crippen LogP contribution is 2.26. The van der Waals surface area contributed by atoms with Crippen molar-refractivity contribution in [2.75, 3.05) is 19.6 Å². The van der Waals surface area contributed by atoms with Crippen molar-refractivity contribution >= 4 is 46.7 Å². The van der Waals surface area contributed by atoms with Crippen molar-refractivity contribution in [3.05, 3.63) is 40.3 Å². The monoisotopic (exact) mass is 451 g/mol.